The number of allylic oxidation sites excluding steroid dienone is 3. The van der Waals surface area contributed by atoms with E-state index in [2.05, 4.69) is 33.4 Å². The van der Waals surface area contributed by atoms with E-state index >= 15 is 0 Å². The Balaban J connectivity index is 3.60. The molecule has 0 aliphatic carbocycles. The zero-order valence-electron chi connectivity index (χ0n) is 7.35. The molecule has 0 rings (SSSR count). The SMILES string of the molecule is C=CC(C)CC=C(C)CC. The van der Waals surface area contributed by atoms with Crippen LogP contribution in [0.25, 0.3) is 0 Å². The molecule has 0 aliphatic rings. The Morgan fingerprint density at radius 1 is 1.60 bits per heavy atom. The van der Waals surface area contributed by atoms with Gasteiger partial charge in [0, 0.05) is 0 Å². The predicted molar refractivity (Wildman–Crippen MR) is 48.0 cm³/mol. The Morgan fingerprint density at radius 2 is 2.20 bits per heavy atom. The first kappa shape index (κ1) is 9.48. The molecule has 0 heteroatoms. The van der Waals surface area contributed by atoms with Crippen molar-refractivity contribution in [3.63, 3.8) is 0 Å². The molecule has 0 fully saturated rings. The van der Waals surface area contributed by atoms with Crippen molar-refractivity contribution in [3.05, 3.63) is 24.3 Å². The fourth-order valence-corrected chi connectivity index (χ4v) is 0.628. The summed E-state index contributed by atoms with van der Waals surface area (Å²) in [6, 6.07) is 0. The number of hydrogen-bond donors (Lipinski definition) is 0. The molecule has 0 nitrogen and oxygen atoms in total. The first-order valence-electron chi connectivity index (χ1n) is 3.98. The molecule has 0 heterocycles. The predicted octanol–water partition coefficient (Wildman–Crippen LogP) is 3.55. The highest BCUT2D eigenvalue weighted by atomic mass is 14.0. The minimum atomic E-state index is 0.626. The van der Waals surface area contributed by atoms with Crippen LogP contribution in [0.4, 0.5) is 0 Å². The van der Waals surface area contributed by atoms with Gasteiger partial charge in [-0.25, -0.2) is 0 Å². The largest absolute Gasteiger partial charge is 0.103 e. The van der Waals surface area contributed by atoms with Crippen LogP contribution in [-0.2, 0) is 0 Å². The summed E-state index contributed by atoms with van der Waals surface area (Å²) in [5.74, 6) is 0.626. The topological polar surface area (TPSA) is 0 Å². The van der Waals surface area contributed by atoms with Gasteiger partial charge in [-0.2, -0.15) is 0 Å². The third kappa shape index (κ3) is 4.37. The molecular weight excluding hydrogens is 120 g/mol. The Hall–Kier alpha value is -0.520. The minimum Gasteiger partial charge on any atom is -0.103 e. The molecule has 0 aliphatic heterocycles. The Kier molecular flexibility index (Phi) is 5.00. The summed E-state index contributed by atoms with van der Waals surface area (Å²) in [6.45, 7) is 10.3. The quantitative estimate of drug-likeness (QED) is 0.521. The second kappa shape index (κ2) is 5.28. The molecule has 0 N–H and O–H groups in total. The van der Waals surface area contributed by atoms with Crippen LogP contribution < -0.4 is 0 Å². The molecule has 1 atom stereocenters. The maximum absolute atomic E-state index is 3.74. The van der Waals surface area contributed by atoms with Gasteiger partial charge in [-0.3, -0.25) is 0 Å². The van der Waals surface area contributed by atoms with Gasteiger partial charge >= 0.3 is 0 Å². The van der Waals surface area contributed by atoms with Crippen molar-refractivity contribution < 1.29 is 0 Å². The average Bonchev–Trinajstić information content (AvgIpc) is 1.99. The fraction of sp³-hybridized carbons (Fsp3) is 0.600. The molecule has 0 aromatic carbocycles. The van der Waals surface area contributed by atoms with Crippen LogP contribution in [0.2, 0.25) is 0 Å². The second-order valence-electron chi connectivity index (χ2n) is 2.85. The molecule has 0 aromatic heterocycles. The maximum atomic E-state index is 3.74. The lowest BCUT2D eigenvalue weighted by molar-refractivity contribution is 0.740. The monoisotopic (exact) mass is 138 g/mol. The van der Waals surface area contributed by atoms with E-state index in [9.17, 15) is 0 Å². The normalized spacial score (nSPS) is 14.9. The smallest absolute Gasteiger partial charge is 0.0230 e. The van der Waals surface area contributed by atoms with Crippen molar-refractivity contribution in [2.24, 2.45) is 5.92 Å². The molecule has 10 heavy (non-hydrogen) atoms. The van der Waals surface area contributed by atoms with E-state index in [0.717, 1.165) is 6.42 Å². The highest BCUT2D eigenvalue weighted by molar-refractivity contribution is 4.98. The van der Waals surface area contributed by atoms with Crippen molar-refractivity contribution in [1.82, 2.24) is 0 Å². The summed E-state index contributed by atoms with van der Waals surface area (Å²) in [7, 11) is 0. The average molecular weight is 138 g/mol. The van der Waals surface area contributed by atoms with Gasteiger partial charge in [-0.15, -0.1) is 6.58 Å². The highest BCUT2D eigenvalue weighted by Crippen LogP contribution is 2.07. The van der Waals surface area contributed by atoms with E-state index in [-0.39, 0.29) is 0 Å². The van der Waals surface area contributed by atoms with Crippen LogP contribution in [0.15, 0.2) is 24.3 Å². The van der Waals surface area contributed by atoms with E-state index in [0.29, 0.717) is 5.92 Å². The van der Waals surface area contributed by atoms with Gasteiger partial charge < -0.3 is 0 Å². The van der Waals surface area contributed by atoms with Gasteiger partial charge in [0.15, 0.2) is 0 Å². The molecule has 58 valence electrons. The highest BCUT2D eigenvalue weighted by Gasteiger charge is 1.91. The van der Waals surface area contributed by atoms with Crippen LogP contribution in [-0.4, -0.2) is 0 Å². The maximum Gasteiger partial charge on any atom is -0.0230 e. The summed E-state index contributed by atoms with van der Waals surface area (Å²) in [4.78, 5) is 0. The fourth-order valence-electron chi connectivity index (χ4n) is 0.628. The van der Waals surface area contributed by atoms with Crippen molar-refractivity contribution in [3.8, 4) is 0 Å². The Morgan fingerprint density at radius 3 is 2.60 bits per heavy atom. The van der Waals surface area contributed by atoms with E-state index in [1.165, 1.54) is 12.0 Å². The number of rotatable bonds is 4. The summed E-state index contributed by atoms with van der Waals surface area (Å²) in [6.07, 6.45) is 6.61. The molecular formula is C10H18. The molecule has 0 bridgehead atoms. The Bertz CT molecular complexity index is 120. The van der Waals surface area contributed by atoms with Gasteiger partial charge in [0.05, 0.1) is 0 Å². The first-order chi connectivity index (χ1) is 4.70. The van der Waals surface area contributed by atoms with Crippen LogP contribution in [0, 0.1) is 5.92 Å². The van der Waals surface area contributed by atoms with Gasteiger partial charge in [0.2, 0.25) is 0 Å². The van der Waals surface area contributed by atoms with Crippen LogP contribution >= 0.6 is 0 Å². The molecule has 0 radical (unpaired) electrons. The van der Waals surface area contributed by atoms with Gasteiger partial charge in [-0.1, -0.05) is 31.6 Å². The van der Waals surface area contributed by atoms with Crippen molar-refractivity contribution in [2.75, 3.05) is 0 Å². The second-order valence-corrected chi connectivity index (χ2v) is 2.85. The summed E-state index contributed by atoms with van der Waals surface area (Å²) >= 11 is 0. The lowest BCUT2D eigenvalue weighted by Gasteiger charge is -2.00. The molecule has 0 saturated heterocycles. The van der Waals surface area contributed by atoms with E-state index in [1.54, 1.807) is 0 Å². The standard InChI is InChI=1S/C10H18/c1-5-9(3)7-8-10(4)6-2/h5,8-9H,1,6-7H2,2-4H3. The lowest BCUT2D eigenvalue weighted by Crippen LogP contribution is -1.85. The van der Waals surface area contributed by atoms with Crippen molar-refractivity contribution in [1.29, 1.82) is 0 Å². The Labute approximate surface area is 64.6 Å². The van der Waals surface area contributed by atoms with E-state index in [1.807, 2.05) is 6.08 Å². The van der Waals surface area contributed by atoms with Crippen LogP contribution in [0.5, 0.6) is 0 Å². The summed E-state index contributed by atoms with van der Waals surface area (Å²) in [5, 5.41) is 0. The van der Waals surface area contributed by atoms with Gasteiger partial charge in [0.25, 0.3) is 0 Å². The molecule has 0 saturated carbocycles. The molecule has 1 unspecified atom stereocenters. The third-order valence-corrected chi connectivity index (χ3v) is 1.80. The summed E-state index contributed by atoms with van der Waals surface area (Å²) in [5.41, 5.74) is 1.48. The van der Waals surface area contributed by atoms with Crippen molar-refractivity contribution in [2.45, 2.75) is 33.6 Å². The first-order valence-corrected chi connectivity index (χ1v) is 3.98. The van der Waals surface area contributed by atoms with Gasteiger partial charge in [0.1, 0.15) is 0 Å². The van der Waals surface area contributed by atoms with Gasteiger partial charge in [-0.05, 0) is 25.7 Å². The zero-order valence-corrected chi connectivity index (χ0v) is 7.35. The molecule has 0 aromatic rings. The lowest BCUT2D eigenvalue weighted by atomic mass is 10.1. The van der Waals surface area contributed by atoms with E-state index < -0.39 is 0 Å². The van der Waals surface area contributed by atoms with Crippen LogP contribution in [0.3, 0.4) is 0 Å². The summed E-state index contributed by atoms with van der Waals surface area (Å²) < 4.78 is 0. The molecule has 0 spiro atoms. The molecule has 0 amide bonds. The van der Waals surface area contributed by atoms with Crippen molar-refractivity contribution >= 4 is 0 Å². The third-order valence-electron chi connectivity index (χ3n) is 1.80. The van der Waals surface area contributed by atoms with Crippen LogP contribution in [0.1, 0.15) is 33.6 Å². The minimum absolute atomic E-state index is 0.626. The zero-order chi connectivity index (χ0) is 7.98. The van der Waals surface area contributed by atoms with E-state index in [4.69, 9.17) is 0 Å². The number of hydrogen-bond acceptors (Lipinski definition) is 0.